The van der Waals surface area contributed by atoms with E-state index in [-0.39, 0.29) is 30.9 Å². The van der Waals surface area contributed by atoms with Gasteiger partial charge in [-0.05, 0) is 30.3 Å². The minimum absolute atomic E-state index is 0.131. The van der Waals surface area contributed by atoms with Crippen molar-refractivity contribution in [1.29, 1.82) is 0 Å². The predicted molar refractivity (Wildman–Crippen MR) is 108 cm³/mol. The van der Waals surface area contributed by atoms with Gasteiger partial charge >= 0.3 is 0 Å². The van der Waals surface area contributed by atoms with Crippen LogP contribution in [0.5, 0.6) is 17.2 Å². The van der Waals surface area contributed by atoms with E-state index in [4.69, 9.17) is 25.8 Å². The first-order valence-electron chi connectivity index (χ1n) is 9.35. The molecule has 152 valence electrons. The fraction of sp³-hybridized carbons (Fsp3) is 0.333. The molecule has 2 aromatic carbocycles. The van der Waals surface area contributed by atoms with Crippen molar-refractivity contribution >= 4 is 29.1 Å². The average molecular weight is 417 g/mol. The van der Waals surface area contributed by atoms with E-state index < -0.39 is 5.92 Å². The number of methoxy groups -OCH3 is 1. The molecular formula is C21H21ClN2O5. The van der Waals surface area contributed by atoms with Crippen molar-refractivity contribution in [2.24, 2.45) is 5.92 Å². The van der Waals surface area contributed by atoms with Gasteiger partial charge in [-0.3, -0.25) is 9.59 Å². The molecule has 1 saturated heterocycles. The normalized spacial score (nSPS) is 20.5. The van der Waals surface area contributed by atoms with Crippen LogP contribution < -0.4 is 24.4 Å². The number of anilines is 1. The number of ether oxygens (including phenoxy) is 3. The van der Waals surface area contributed by atoms with Crippen LogP contribution in [0.15, 0.2) is 42.5 Å². The van der Waals surface area contributed by atoms with E-state index in [0.29, 0.717) is 41.1 Å². The molecule has 2 amide bonds. The highest BCUT2D eigenvalue weighted by molar-refractivity contribution is 6.31. The van der Waals surface area contributed by atoms with Crippen LogP contribution in [0.4, 0.5) is 5.69 Å². The first kappa shape index (κ1) is 19.4. The molecule has 0 aliphatic carbocycles. The van der Waals surface area contributed by atoms with Crippen molar-refractivity contribution in [2.75, 3.05) is 31.7 Å². The molecule has 0 bridgehead atoms. The standard InChI is InChI=1S/C21H21ClN2O5/c1-27-17-7-6-14(22)9-16(17)24-11-13(8-20(24)25)21(26)23-10-15-12-28-18-4-2-3-5-19(18)29-15/h2-7,9,13,15H,8,10-12H2,1H3,(H,23,26). The third-order valence-corrected chi connectivity index (χ3v) is 5.23. The van der Waals surface area contributed by atoms with Gasteiger partial charge in [-0.2, -0.15) is 0 Å². The molecule has 0 spiro atoms. The Hall–Kier alpha value is -2.93. The lowest BCUT2D eigenvalue weighted by Crippen LogP contribution is -2.43. The number of carbonyl (C=O) groups excluding carboxylic acids is 2. The van der Waals surface area contributed by atoms with Crippen LogP contribution in [0.3, 0.4) is 0 Å². The maximum absolute atomic E-state index is 12.6. The lowest BCUT2D eigenvalue weighted by atomic mass is 10.1. The van der Waals surface area contributed by atoms with E-state index in [1.54, 1.807) is 23.1 Å². The van der Waals surface area contributed by atoms with E-state index in [0.717, 1.165) is 0 Å². The SMILES string of the molecule is COc1ccc(Cl)cc1N1CC(C(=O)NCC2COc3ccccc3O2)CC1=O. The average Bonchev–Trinajstić information content (AvgIpc) is 3.13. The van der Waals surface area contributed by atoms with Crippen molar-refractivity contribution in [3.63, 3.8) is 0 Å². The number of benzene rings is 2. The highest BCUT2D eigenvalue weighted by atomic mass is 35.5. The van der Waals surface area contributed by atoms with E-state index >= 15 is 0 Å². The van der Waals surface area contributed by atoms with Crippen LogP contribution in [0.2, 0.25) is 5.02 Å². The minimum Gasteiger partial charge on any atom is -0.495 e. The summed E-state index contributed by atoms with van der Waals surface area (Å²) >= 11 is 6.07. The number of halogens is 1. The predicted octanol–water partition coefficient (Wildman–Crippen LogP) is 2.66. The van der Waals surface area contributed by atoms with Crippen LogP contribution >= 0.6 is 11.6 Å². The largest absolute Gasteiger partial charge is 0.495 e. The number of rotatable bonds is 5. The Labute approximate surface area is 173 Å². The van der Waals surface area contributed by atoms with E-state index in [2.05, 4.69) is 5.32 Å². The highest BCUT2D eigenvalue weighted by Crippen LogP contribution is 2.35. The minimum atomic E-state index is -0.456. The Kier molecular flexibility index (Phi) is 5.49. The Morgan fingerprint density at radius 1 is 1.28 bits per heavy atom. The molecule has 1 N–H and O–H groups in total. The Morgan fingerprint density at radius 3 is 2.86 bits per heavy atom. The first-order chi connectivity index (χ1) is 14.0. The van der Waals surface area contributed by atoms with E-state index in [9.17, 15) is 9.59 Å². The quantitative estimate of drug-likeness (QED) is 0.810. The summed E-state index contributed by atoms with van der Waals surface area (Å²) in [6, 6.07) is 12.5. The molecule has 1 fully saturated rings. The zero-order valence-corrected chi connectivity index (χ0v) is 16.6. The van der Waals surface area contributed by atoms with Gasteiger partial charge in [0, 0.05) is 18.0 Å². The second-order valence-corrected chi connectivity index (χ2v) is 7.40. The summed E-state index contributed by atoms with van der Waals surface area (Å²) < 4.78 is 16.8. The molecule has 8 heteroatoms. The van der Waals surface area contributed by atoms with Gasteiger partial charge in [0.2, 0.25) is 11.8 Å². The van der Waals surface area contributed by atoms with Crippen molar-refractivity contribution in [3.05, 3.63) is 47.5 Å². The Balaban J connectivity index is 1.36. The Bertz CT molecular complexity index is 935. The molecule has 0 saturated carbocycles. The van der Waals surface area contributed by atoms with E-state index in [1.165, 1.54) is 7.11 Å². The zero-order valence-electron chi connectivity index (χ0n) is 15.9. The molecule has 2 aliphatic heterocycles. The number of fused-ring (bicyclic) bond motifs is 1. The summed E-state index contributed by atoms with van der Waals surface area (Å²) in [4.78, 5) is 26.7. The second-order valence-electron chi connectivity index (χ2n) is 6.96. The number of hydrogen-bond donors (Lipinski definition) is 1. The smallest absolute Gasteiger partial charge is 0.227 e. The highest BCUT2D eigenvalue weighted by Gasteiger charge is 2.36. The molecule has 7 nitrogen and oxygen atoms in total. The van der Waals surface area contributed by atoms with Crippen molar-refractivity contribution in [3.8, 4) is 17.2 Å². The molecule has 2 atom stereocenters. The van der Waals surface area contributed by atoms with Crippen molar-refractivity contribution < 1.29 is 23.8 Å². The summed E-state index contributed by atoms with van der Waals surface area (Å²) in [7, 11) is 1.53. The topological polar surface area (TPSA) is 77.1 Å². The maximum Gasteiger partial charge on any atom is 0.227 e. The van der Waals surface area contributed by atoms with Gasteiger partial charge in [-0.15, -0.1) is 0 Å². The van der Waals surface area contributed by atoms with Gasteiger partial charge in [0.15, 0.2) is 11.5 Å². The molecule has 2 aliphatic rings. The van der Waals surface area contributed by atoms with Gasteiger partial charge in [0.05, 0.1) is 25.3 Å². The number of nitrogens with zero attached hydrogens (tertiary/aromatic N) is 1. The van der Waals surface area contributed by atoms with Crippen LogP contribution in [0, 0.1) is 5.92 Å². The zero-order chi connectivity index (χ0) is 20.4. The molecule has 2 unspecified atom stereocenters. The third-order valence-electron chi connectivity index (χ3n) is 5.00. The second kappa shape index (κ2) is 8.21. The first-order valence-corrected chi connectivity index (χ1v) is 9.73. The molecule has 2 aromatic rings. The van der Waals surface area contributed by atoms with Crippen LogP contribution in [0.25, 0.3) is 0 Å². The summed E-state index contributed by atoms with van der Waals surface area (Å²) in [5, 5.41) is 3.37. The lowest BCUT2D eigenvalue weighted by Gasteiger charge is -2.27. The van der Waals surface area contributed by atoms with Crippen molar-refractivity contribution in [1.82, 2.24) is 5.32 Å². The number of hydrogen-bond acceptors (Lipinski definition) is 5. The van der Waals surface area contributed by atoms with Crippen LogP contribution in [-0.4, -0.2) is 44.7 Å². The number of carbonyl (C=O) groups is 2. The molecule has 29 heavy (non-hydrogen) atoms. The van der Waals surface area contributed by atoms with Gasteiger partial charge in [-0.25, -0.2) is 0 Å². The molecule has 0 aromatic heterocycles. The summed E-state index contributed by atoms with van der Waals surface area (Å²) in [5.74, 6) is 1.11. The Morgan fingerprint density at radius 2 is 2.07 bits per heavy atom. The number of nitrogens with one attached hydrogen (secondary N) is 1. The van der Waals surface area contributed by atoms with Crippen LogP contribution in [-0.2, 0) is 9.59 Å². The molecule has 4 rings (SSSR count). The fourth-order valence-electron chi connectivity index (χ4n) is 3.51. The molecule has 0 radical (unpaired) electrons. The lowest BCUT2D eigenvalue weighted by molar-refractivity contribution is -0.126. The fourth-order valence-corrected chi connectivity index (χ4v) is 3.68. The van der Waals surface area contributed by atoms with Crippen LogP contribution in [0.1, 0.15) is 6.42 Å². The van der Waals surface area contributed by atoms with E-state index in [1.807, 2.05) is 24.3 Å². The number of amides is 2. The molecular weight excluding hydrogens is 396 g/mol. The maximum atomic E-state index is 12.6. The summed E-state index contributed by atoms with van der Waals surface area (Å²) in [6.45, 7) is 0.928. The number of para-hydroxylation sites is 2. The van der Waals surface area contributed by atoms with Gasteiger partial charge in [0.1, 0.15) is 18.5 Å². The van der Waals surface area contributed by atoms with Gasteiger partial charge < -0.3 is 24.4 Å². The monoisotopic (exact) mass is 416 g/mol. The third kappa shape index (κ3) is 4.10. The van der Waals surface area contributed by atoms with Gasteiger partial charge in [0.25, 0.3) is 0 Å². The molecule has 2 heterocycles. The summed E-state index contributed by atoms with van der Waals surface area (Å²) in [6.07, 6.45) is -0.151. The van der Waals surface area contributed by atoms with Crippen molar-refractivity contribution in [2.45, 2.75) is 12.5 Å². The van der Waals surface area contributed by atoms with Gasteiger partial charge in [-0.1, -0.05) is 23.7 Å². The summed E-state index contributed by atoms with van der Waals surface area (Å²) in [5.41, 5.74) is 0.570.